The van der Waals surface area contributed by atoms with Crippen molar-refractivity contribution in [1.82, 2.24) is 14.1 Å². The van der Waals surface area contributed by atoms with Crippen molar-refractivity contribution in [2.45, 2.75) is 45.1 Å². The number of benzene rings is 1. The summed E-state index contributed by atoms with van der Waals surface area (Å²) in [6, 6.07) is 7.03. The molecule has 1 saturated heterocycles. The minimum atomic E-state index is -3.55. The van der Waals surface area contributed by atoms with E-state index in [0.29, 0.717) is 47.4 Å². The second-order valence-electron chi connectivity index (χ2n) is 7.43. The average molecular weight is 406 g/mol. The fourth-order valence-electron chi connectivity index (χ4n) is 3.60. The number of hydrogen-bond donors (Lipinski definition) is 0. The van der Waals surface area contributed by atoms with Crippen LogP contribution in [0.5, 0.6) is 0 Å². The normalized spacial score (nSPS) is 16.3. The third-order valence-corrected chi connectivity index (χ3v) is 7.51. The van der Waals surface area contributed by atoms with Crippen molar-refractivity contribution in [3.63, 3.8) is 0 Å². The summed E-state index contributed by atoms with van der Waals surface area (Å²) in [5.74, 6) is 0.172. The molecule has 8 heteroatoms. The van der Waals surface area contributed by atoms with Gasteiger partial charge in [0.15, 0.2) is 0 Å². The van der Waals surface area contributed by atoms with Gasteiger partial charge in [0.1, 0.15) is 4.90 Å². The van der Waals surface area contributed by atoms with E-state index in [0.717, 1.165) is 18.4 Å². The number of aromatic nitrogens is 2. The number of methoxy groups -OCH3 is 1. The van der Waals surface area contributed by atoms with E-state index in [-0.39, 0.29) is 5.97 Å². The number of hydrogen-bond acceptors (Lipinski definition) is 5. The van der Waals surface area contributed by atoms with Gasteiger partial charge in [-0.1, -0.05) is 19.1 Å². The molecule has 3 rings (SSSR count). The van der Waals surface area contributed by atoms with Crippen LogP contribution in [-0.4, -0.2) is 48.7 Å². The fourth-order valence-corrected chi connectivity index (χ4v) is 5.44. The smallest absolute Gasteiger partial charge is 0.337 e. The van der Waals surface area contributed by atoms with Crippen molar-refractivity contribution in [1.29, 1.82) is 0 Å². The van der Waals surface area contributed by atoms with E-state index in [2.05, 4.69) is 12.0 Å². The van der Waals surface area contributed by atoms with Crippen LogP contribution in [0, 0.1) is 19.8 Å². The van der Waals surface area contributed by atoms with E-state index >= 15 is 0 Å². The van der Waals surface area contributed by atoms with E-state index in [9.17, 15) is 13.2 Å². The van der Waals surface area contributed by atoms with Crippen LogP contribution in [0.1, 0.15) is 47.1 Å². The Morgan fingerprint density at radius 3 is 2.36 bits per heavy atom. The van der Waals surface area contributed by atoms with Crippen molar-refractivity contribution in [2.75, 3.05) is 20.2 Å². The molecule has 0 amide bonds. The molecule has 0 spiro atoms. The lowest BCUT2D eigenvalue weighted by atomic mass is 10.0. The van der Waals surface area contributed by atoms with Gasteiger partial charge < -0.3 is 4.74 Å². The molecule has 152 valence electrons. The van der Waals surface area contributed by atoms with Crippen LogP contribution in [0.3, 0.4) is 0 Å². The van der Waals surface area contributed by atoms with Crippen LogP contribution in [-0.2, 0) is 21.3 Å². The fraction of sp³-hybridized carbons (Fsp3) is 0.500. The number of ether oxygens (including phenoxy) is 1. The molecule has 2 heterocycles. The van der Waals surface area contributed by atoms with Gasteiger partial charge in [0, 0.05) is 13.1 Å². The van der Waals surface area contributed by atoms with Crippen LogP contribution in [0.2, 0.25) is 0 Å². The Balaban J connectivity index is 1.84. The largest absolute Gasteiger partial charge is 0.465 e. The highest BCUT2D eigenvalue weighted by atomic mass is 32.2. The standard InChI is InChI=1S/C20H27N3O4S/c1-14-9-11-22(12-10-14)28(25,26)19-15(2)21-23(16(19)3)13-17-5-7-18(8-6-17)20(24)27-4/h5-8,14H,9-13H2,1-4H3. The molecule has 0 atom stereocenters. The zero-order valence-electron chi connectivity index (χ0n) is 16.8. The number of sulfonamides is 1. The lowest BCUT2D eigenvalue weighted by molar-refractivity contribution is 0.0600. The van der Waals surface area contributed by atoms with Crippen molar-refractivity contribution in [3.8, 4) is 0 Å². The molecule has 7 nitrogen and oxygen atoms in total. The molecule has 1 aromatic heterocycles. The summed E-state index contributed by atoms with van der Waals surface area (Å²) in [4.78, 5) is 11.9. The summed E-state index contributed by atoms with van der Waals surface area (Å²) in [5, 5.41) is 4.47. The van der Waals surface area contributed by atoms with E-state index in [1.54, 1.807) is 35.0 Å². The van der Waals surface area contributed by atoms with Crippen molar-refractivity contribution in [3.05, 3.63) is 46.8 Å². The molecule has 0 radical (unpaired) electrons. The summed E-state index contributed by atoms with van der Waals surface area (Å²) < 4.78 is 34.3. The maximum Gasteiger partial charge on any atom is 0.337 e. The molecule has 1 aromatic carbocycles. The van der Waals surface area contributed by atoms with Crippen molar-refractivity contribution in [2.24, 2.45) is 5.92 Å². The number of carbonyl (C=O) groups excluding carboxylic acids is 1. The lowest BCUT2D eigenvalue weighted by Gasteiger charge is -2.29. The first-order valence-corrected chi connectivity index (χ1v) is 10.9. The molecule has 0 N–H and O–H groups in total. The topological polar surface area (TPSA) is 81.5 Å². The van der Waals surface area contributed by atoms with E-state index in [1.807, 2.05) is 12.1 Å². The molecule has 1 aliphatic heterocycles. The lowest BCUT2D eigenvalue weighted by Crippen LogP contribution is -2.38. The molecule has 0 aliphatic carbocycles. The van der Waals surface area contributed by atoms with Crippen LogP contribution in [0.25, 0.3) is 0 Å². The van der Waals surface area contributed by atoms with Gasteiger partial charge in [-0.3, -0.25) is 4.68 Å². The third-order valence-electron chi connectivity index (χ3n) is 5.36. The maximum atomic E-state index is 13.2. The molecule has 1 aliphatic rings. The van der Waals surface area contributed by atoms with Gasteiger partial charge in [-0.25, -0.2) is 13.2 Å². The van der Waals surface area contributed by atoms with Gasteiger partial charge in [-0.05, 0) is 50.3 Å². The summed E-state index contributed by atoms with van der Waals surface area (Å²) in [7, 11) is -2.21. The monoisotopic (exact) mass is 405 g/mol. The Morgan fingerprint density at radius 1 is 1.18 bits per heavy atom. The Morgan fingerprint density at radius 2 is 1.79 bits per heavy atom. The van der Waals surface area contributed by atoms with Gasteiger partial charge in [-0.15, -0.1) is 0 Å². The Bertz CT molecular complexity index is 956. The van der Waals surface area contributed by atoms with Crippen molar-refractivity contribution >= 4 is 16.0 Å². The highest BCUT2D eigenvalue weighted by molar-refractivity contribution is 7.89. The average Bonchev–Trinajstić information content (AvgIpc) is 2.95. The van der Waals surface area contributed by atoms with Crippen LogP contribution >= 0.6 is 0 Å². The summed E-state index contributed by atoms with van der Waals surface area (Å²) in [6.45, 7) is 7.24. The van der Waals surface area contributed by atoms with Gasteiger partial charge in [0.2, 0.25) is 10.0 Å². The Kier molecular flexibility index (Phi) is 5.90. The second-order valence-corrected chi connectivity index (χ2v) is 9.31. The number of carbonyl (C=O) groups is 1. The second kappa shape index (κ2) is 8.05. The molecule has 1 fully saturated rings. The first kappa shape index (κ1) is 20.5. The van der Waals surface area contributed by atoms with E-state index in [1.165, 1.54) is 7.11 Å². The summed E-state index contributed by atoms with van der Waals surface area (Å²) >= 11 is 0. The Hall–Kier alpha value is -2.19. The molecule has 0 bridgehead atoms. The Labute approximate surface area is 166 Å². The maximum absolute atomic E-state index is 13.2. The number of esters is 1. The van der Waals surface area contributed by atoms with E-state index in [4.69, 9.17) is 4.74 Å². The van der Waals surface area contributed by atoms with Crippen LogP contribution in [0.15, 0.2) is 29.2 Å². The van der Waals surface area contributed by atoms with Crippen molar-refractivity contribution < 1.29 is 17.9 Å². The summed E-state index contributed by atoms with van der Waals surface area (Å²) in [6.07, 6.45) is 1.77. The molecular formula is C20H27N3O4S. The molecule has 0 saturated carbocycles. The first-order chi connectivity index (χ1) is 13.2. The minimum Gasteiger partial charge on any atom is -0.465 e. The number of aryl methyl sites for hydroxylation is 1. The van der Waals surface area contributed by atoms with Gasteiger partial charge in [0.25, 0.3) is 0 Å². The molecule has 28 heavy (non-hydrogen) atoms. The van der Waals surface area contributed by atoms with Gasteiger partial charge in [0.05, 0.1) is 30.6 Å². The molecular weight excluding hydrogens is 378 g/mol. The summed E-state index contributed by atoms with van der Waals surface area (Å²) in [5.41, 5.74) is 2.55. The number of rotatable bonds is 5. The zero-order valence-corrected chi connectivity index (χ0v) is 17.6. The predicted molar refractivity (Wildman–Crippen MR) is 106 cm³/mol. The third kappa shape index (κ3) is 3.98. The van der Waals surface area contributed by atoms with Crippen LogP contribution < -0.4 is 0 Å². The number of nitrogens with zero attached hydrogens (tertiary/aromatic N) is 3. The number of piperidine rings is 1. The van der Waals surface area contributed by atoms with Gasteiger partial charge >= 0.3 is 5.97 Å². The highest BCUT2D eigenvalue weighted by Gasteiger charge is 2.32. The quantitative estimate of drug-likeness (QED) is 0.715. The molecule has 0 unspecified atom stereocenters. The SMILES string of the molecule is COC(=O)c1ccc(Cn2nc(C)c(S(=O)(=O)N3CCC(C)CC3)c2C)cc1. The minimum absolute atomic E-state index is 0.313. The van der Waals surface area contributed by atoms with Gasteiger partial charge in [-0.2, -0.15) is 9.40 Å². The zero-order chi connectivity index (χ0) is 20.5. The molecule has 2 aromatic rings. The highest BCUT2D eigenvalue weighted by Crippen LogP contribution is 2.28. The van der Waals surface area contributed by atoms with E-state index < -0.39 is 10.0 Å². The first-order valence-electron chi connectivity index (χ1n) is 9.45. The predicted octanol–water partition coefficient (Wildman–Crippen LogP) is 2.76. The van der Waals surface area contributed by atoms with Crippen LogP contribution in [0.4, 0.5) is 0 Å².